The summed E-state index contributed by atoms with van der Waals surface area (Å²) in [7, 11) is -2.00. The van der Waals surface area contributed by atoms with Crippen LogP contribution < -0.4 is 9.46 Å². The number of β-amino-alcohol motifs (C(OH)–C–C–N with tert-alkyl or cyclic N) is 1. The number of carbonyl (C=O) groups is 1. The van der Waals surface area contributed by atoms with Crippen molar-refractivity contribution >= 4 is 27.5 Å². The number of hydrogen-bond donors (Lipinski definition) is 2. The van der Waals surface area contributed by atoms with Crippen molar-refractivity contribution in [3.63, 3.8) is 0 Å². The fourth-order valence-electron chi connectivity index (χ4n) is 5.16. The molecule has 2 aliphatic heterocycles. The molecule has 2 aromatic carbocycles. The Hall–Kier alpha value is -2.17. The van der Waals surface area contributed by atoms with Crippen LogP contribution in [0.15, 0.2) is 47.4 Å². The van der Waals surface area contributed by atoms with Crippen LogP contribution in [0.2, 0.25) is 5.02 Å². The van der Waals surface area contributed by atoms with E-state index >= 15 is 0 Å². The summed E-state index contributed by atoms with van der Waals surface area (Å²) in [4.78, 5) is 16.5. The highest BCUT2D eigenvalue weighted by Gasteiger charge is 2.39. The molecule has 0 aliphatic carbocycles. The molecule has 8 nitrogen and oxygen atoms in total. The second kappa shape index (κ2) is 11.3. The number of likely N-dealkylation sites (N-methyl/N-ethyl adjacent to an activating group) is 1. The van der Waals surface area contributed by atoms with Gasteiger partial charge in [-0.2, -0.15) is 0 Å². The van der Waals surface area contributed by atoms with Crippen LogP contribution in [0, 0.1) is 11.3 Å². The lowest BCUT2D eigenvalue weighted by Gasteiger charge is -2.44. The first-order chi connectivity index (χ1) is 17.5. The maximum atomic E-state index is 13.2. The number of amides is 1. The lowest BCUT2D eigenvalue weighted by atomic mass is 9.78. The molecule has 2 aromatic rings. The molecule has 1 spiro atoms. The summed E-state index contributed by atoms with van der Waals surface area (Å²) in [6, 6.07) is 12.4. The zero-order valence-electron chi connectivity index (χ0n) is 21.6. The molecule has 0 radical (unpaired) electrons. The van der Waals surface area contributed by atoms with Gasteiger partial charge >= 0.3 is 0 Å². The van der Waals surface area contributed by atoms with Crippen LogP contribution in [0.3, 0.4) is 0 Å². The Kier molecular flexibility index (Phi) is 8.50. The molecule has 202 valence electrons. The molecular formula is C27H36ClN3O5S. The minimum atomic E-state index is -3.92. The lowest BCUT2D eigenvalue weighted by Crippen LogP contribution is -2.52. The van der Waals surface area contributed by atoms with E-state index in [4.69, 9.17) is 16.3 Å². The molecule has 2 N–H and O–H groups in total. The van der Waals surface area contributed by atoms with Crippen molar-refractivity contribution in [3.05, 3.63) is 47.5 Å². The van der Waals surface area contributed by atoms with Crippen molar-refractivity contribution in [2.24, 2.45) is 11.3 Å². The highest BCUT2D eigenvalue weighted by Crippen LogP contribution is 2.37. The van der Waals surface area contributed by atoms with Crippen molar-refractivity contribution in [1.82, 2.24) is 14.5 Å². The number of aliphatic hydroxyl groups is 1. The third-order valence-electron chi connectivity index (χ3n) is 7.21. The number of benzene rings is 2. The number of aliphatic hydroxyl groups excluding tert-OH is 1. The van der Waals surface area contributed by atoms with Gasteiger partial charge in [0, 0.05) is 49.1 Å². The number of piperidine rings is 1. The van der Waals surface area contributed by atoms with Gasteiger partial charge in [-0.3, -0.25) is 4.79 Å². The molecule has 37 heavy (non-hydrogen) atoms. The fourth-order valence-corrected chi connectivity index (χ4v) is 6.48. The van der Waals surface area contributed by atoms with Gasteiger partial charge in [0.25, 0.3) is 0 Å². The minimum absolute atomic E-state index is 0.0360. The van der Waals surface area contributed by atoms with E-state index in [9.17, 15) is 18.3 Å². The summed E-state index contributed by atoms with van der Waals surface area (Å²) in [6.45, 7) is 6.23. The lowest BCUT2D eigenvalue weighted by molar-refractivity contribution is -0.137. The largest absolute Gasteiger partial charge is 0.492 e. The van der Waals surface area contributed by atoms with Crippen molar-refractivity contribution in [1.29, 1.82) is 0 Å². The second-order valence-electron chi connectivity index (χ2n) is 10.6. The Balaban J connectivity index is 1.68. The predicted octanol–water partition coefficient (Wildman–Crippen LogP) is 3.24. The van der Waals surface area contributed by atoms with Gasteiger partial charge in [0.05, 0.1) is 12.7 Å². The third-order valence-corrected chi connectivity index (χ3v) is 8.93. The number of carbonyl (C=O) groups excluding carboxylic acids is 1. The van der Waals surface area contributed by atoms with Crippen LogP contribution in [0.5, 0.6) is 5.75 Å². The zero-order chi connectivity index (χ0) is 26.8. The van der Waals surface area contributed by atoms with Gasteiger partial charge in [0.1, 0.15) is 10.6 Å². The van der Waals surface area contributed by atoms with E-state index in [2.05, 4.69) is 4.72 Å². The average Bonchev–Trinajstić information content (AvgIpc) is 2.86. The molecule has 1 atom stereocenters. The summed E-state index contributed by atoms with van der Waals surface area (Å²) in [5.41, 5.74) is 1.39. The first kappa shape index (κ1) is 27.9. The molecule has 10 heteroatoms. The molecule has 1 saturated heterocycles. The summed E-state index contributed by atoms with van der Waals surface area (Å²) in [5, 5.41) is 11.2. The molecule has 1 fully saturated rings. The number of halogens is 1. The number of nitrogens with one attached hydrogen (secondary N) is 1. The smallest absolute Gasteiger partial charge is 0.244 e. The molecule has 2 heterocycles. The second-order valence-corrected chi connectivity index (χ2v) is 12.8. The van der Waals surface area contributed by atoms with Crippen LogP contribution in [0.4, 0.5) is 0 Å². The maximum Gasteiger partial charge on any atom is 0.244 e. The Bertz CT molecular complexity index is 1210. The van der Waals surface area contributed by atoms with Crippen LogP contribution in [0.25, 0.3) is 11.1 Å². The summed E-state index contributed by atoms with van der Waals surface area (Å²) in [6.07, 6.45) is 0.586. The average molecular weight is 550 g/mol. The number of hydrogen-bond acceptors (Lipinski definition) is 6. The standard InChI is InChI=1S/C27H36ClN3O5S/c1-19(2)26(33)31-12-10-27(11-13-31)17-30(3)16-23(32)15-29-37(34,35)25-9-6-21(14-24(25)36-18-27)20-4-7-22(28)8-5-20/h4-9,14,19,23,29,32H,10-13,15-18H2,1-3H3. The van der Waals surface area contributed by atoms with Crippen molar-refractivity contribution < 1.29 is 23.1 Å². The van der Waals surface area contributed by atoms with Gasteiger partial charge < -0.3 is 19.6 Å². The molecule has 0 bridgehead atoms. The SMILES string of the molecule is CC(C)C(=O)N1CCC2(CC1)COc1cc(-c3ccc(Cl)cc3)ccc1S(=O)(=O)NCC(O)CN(C)C2. The Morgan fingerprint density at radius 3 is 2.43 bits per heavy atom. The van der Waals surface area contributed by atoms with Gasteiger partial charge in [-0.15, -0.1) is 0 Å². The third kappa shape index (κ3) is 6.64. The minimum Gasteiger partial charge on any atom is -0.492 e. The first-order valence-electron chi connectivity index (χ1n) is 12.7. The quantitative estimate of drug-likeness (QED) is 0.597. The van der Waals surface area contributed by atoms with Crippen LogP contribution in [-0.2, 0) is 14.8 Å². The number of ether oxygens (including phenoxy) is 1. The highest BCUT2D eigenvalue weighted by atomic mass is 35.5. The Morgan fingerprint density at radius 1 is 1.14 bits per heavy atom. The molecule has 4 rings (SSSR count). The summed E-state index contributed by atoms with van der Waals surface area (Å²) < 4.78 is 35.3. The number of nitrogens with zero attached hydrogens (tertiary/aromatic N) is 2. The normalized spacial score (nSPS) is 22.5. The first-order valence-corrected chi connectivity index (χ1v) is 14.5. The van der Waals surface area contributed by atoms with Crippen LogP contribution >= 0.6 is 11.6 Å². The van der Waals surface area contributed by atoms with E-state index in [0.29, 0.717) is 37.8 Å². The number of likely N-dealkylation sites (tertiary alicyclic amines) is 1. The van der Waals surface area contributed by atoms with Gasteiger partial charge in [0.2, 0.25) is 15.9 Å². The maximum absolute atomic E-state index is 13.2. The monoisotopic (exact) mass is 549 g/mol. The predicted molar refractivity (Wildman–Crippen MR) is 144 cm³/mol. The fraction of sp³-hybridized carbons (Fsp3) is 0.519. The van der Waals surface area contributed by atoms with E-state index < -0.39 is 16.1 Å². The van der Waals surface area contributed by atoms with E-state index in [1.54, 1.807) is 30.3 Å². The van der Waals surface area contributed by atoms with E-state index in [-0.39, 0.29) is 34.4 Å². The molecule has 0 aromatic heterocycles. The van der Waals surface area contributed by atoms with Crippen molar-refractivity contribution in [2.45, 2.75) is 37.7 Å². The van der Waals surface area contributed by atoms with Crippen molar-refractivity contribution in [2.75, 3.05) is 46.4 Å². The number of fused-ring (bicyclic) bond motifs is 1. The molecule has 2 aliphatic rings. The highest BCUT2D eigenvalue weighted by molar-refractivity contribution is 7.89. The molecule has 0 saturated carbocycles. The topological polar surface area (TPSA) is 99.2 Å². The van der Waals surface area contributed by atoms with Gasteiger partial charge in [-0.05, 0) is 55.3 Å². The molecule has 1 unspecified atom stereocenters. The van der Waals surface area contributed by atoms with Gasteiger partial charge in [-0.1, -0.05) is 43.6 Å². The number of sulfonamides is 1. The number of rotatable bonds is 2. The van der Waals surface area contributed by atoms with Crippen LogP contribution in [0.1, 0.15) is 26.7 Å². The Labute approximate surface area is 224 Å². The Morgan fingerprint density at radius 2 is 1.78 bits per heavy atom. The van der Waals surface area contributed by atoms with Gasteiger partial charge in [0.15, 0.2) is 0 Å². The zero-order valence-corrected chi connectivity index (χ0v) is 23.2. The van der Waals surface area contributed by atoms with Crippen molar-refractivity contribution in [3.8, 4) is 16.9 Å². The van der Waals surface area contributed by atoms with E-state index in [1.165, 1.54) is 0 Å². The van der Waals surface area contributed by atoms with Crippen LogP contribution in [-0.4, -0.2) is 81.7 Å². The summed E-state index contributed by atoms with van der Waals surface area (Å²) in [5.74, 6) is 0.343. The van der Waals surface area contributed by atoms with E-state index in [0.717, 1.165) is 24.0 Å². The molecular weight excluding hydrogens is 514 g/mol. The molecule has 1 amide bonds. The summed E-state index contributed by atoms with van der Waals surface area (Å²) >= 11 is 6.05. The van der Waals surface area contributed by atoms with Gasteiger partial charge in [-0.25, -0.2) is 13.1 Å². The van der Waals surface area contributed by atoms with E-state index in [1.807, 2.05) is 42.8 Å².